The van der Waals surface area contributed by atoms with E-state index < -0.39 is 11.9 Å². The minimum absolute atomic E-state index is 0.139. The number of thiophene rings is 1. The summed E-state index contributed by atoms with van der Waals surface area (Å²) in [6, 6.07) is 17.2. The summed E-state index contributed by atoms with van der Waals surface area (Å²) in [6.45, 7) is 5.93. The molecule has 2 aromatic carbocycles. The average Bonchev–Trinajstić information content (AvgIpc) is 3.37. The Morgan fingerprint density at radius 1 is 1.03 bits per heavy atom. The average molecular weight is 450 g/mol. The largest absolute Gasteiger partial charge is 0.486 e. The molecule has 0 fully saturated rings. The third-order valence-corrected chi connectivity index (χ3v) is 6.20. The van der Waals surface area contributed by atoms with Crippen molar-refractivity contribution in [2.75, 3.05) is 11.9 Å². The number of hydrogen-bond donors (Lipinski definition) is 1. The molecule has 2 heterocycles. The van der Waals surface area contributed by atoms with Crippen molar-refractivity contribution in [3.8, 4) is 5.75 Å². The molecule has 0 bridgehead atoms. The Labute approximate surface area is 189 Å². The molecule has 0 atom stereocenters. The molecule has 0 aliphatic heterocycles. The molecule has 0 spiro atoms. The fourth-order valence-electron chi connectivity index (χ4n) is 3.32. The van der Waals surface area contributed by atoms with Crippen LogP contribution in [0, 0.1) is 13.8 Å². The van der Waals surface area contributed by atoms with Gasteiger partial charge in [0, 0.05) is 4.88 Å². The van der Waals surface area contributed by atoms with E-state index in [4.69, 9.17) is 13.9 Å². The molecule has 0 unspecified atom stereocenters. The van der Waals surface area contributed by atoms with Gasteiger partial charge in [0.15, 0.2) is 5.76 Å². The van der Waals surface area contributed by atoms with Gasteiger partial charge in [-0.15, -0.1) is 11.3 Å². The zero-order valence-electron chi connectivity index (χ0n) is 18.1. The molecule has 0 saturated carbocycles. The minimum Gasteiger partial charge on any atom is -0.486 e. The molecule has 0 radical (unpaired) electrons. The number of benzene rings is 2. The molecule has 1 N–H and O–H groups in total. The predicted molar refractivity (Wildman–Crippen MR) is 125 cm³/mol. The van der Waals surface area contributed by atoms with Crippen molar-refractivity contribution in [3.63, 3.8) is 0 Å². The minimum atomic E-state index is -0.450. The molecule has 164 valence electrons. The number of carbonyl (C=O) groups excluding carboxylic acids is 2. The SMILES string of the molecule is CCOC(=O)c1c(NC(=O)c2ccc(COc3ccc4ccccc4c3)o2)sc(C)c1C. The number of rotatable bonds is 7. The van der Waals surface area contributed by atoms with Gasteiger partial charge in [0.25, 0.3) is 5.91 Å². The maximum Gasteiger partial charge on any atom is 0.341 e. The third kappa shape index (κ3) is 4.53. The van der Waals surface area contributed by atoms with E-state index in [9.17, 15) is 9.59 Å². The van der Waals surface area contributed by atoms with Gasteiger partial charge in [-0.2, -0.15) is 0 Å². The summed E-state index contributed by atoms with van der Waals surface area (Å²) >= 11 is 1.33. The van der Waals surface area contributed by atoms with Gasteiger partial charge in [-0.05, 0) is 61.4 Å². The standard InChI is InChI=1S/C25H23NO5S/c1-4-29-25(28)22-15(2)16(3)32-24(22)26-23(27)21-12-11-20(31-21)14-30-19-10-9-17-7-5-6-8-18(17)13-19/h5-13H,4,14H2,1-3H3,(H,26,27). The first-order valence-electron chi connectivity index (χ1n) is 10.2. The lowest BCUT2D eigenvalue weighted by Gasteiger charge is -2.07. The van der Waals surface area contributed by atoms with Crippen LogP contribution in [-0.4, -0.2) is 18.5 Å². The second kappa shape index (κ2) is 9.28. The van der Waals surface area contributed by atoms with Crippen LogP contribution in [-0.2, 0) is 11.3 Å². The number of nitrogens with one attached hydrogen (secondary N) is 1. The van der Waals surface area contributed by atoms with Gasteiger partial charge in [-0.1, -0.05) is 30.3 Å². The lowest BCUT2D eigenvalue weighted by molar-refractivity contribution is 0.0527. The molecule has 6 nitrogen and oxygen atoms in total. The second-order valence-electron chi connectivity index (χ2n) is 7.23. The van der Waals surface area contributed by atoms with Crippen LogP contribution in [0.25, 0.3) is 10.8 Å². The first kappa shape index (κ1) is 21.6. The number of ether oxygens (including phenoxy) is 2. The van der Waals surface area contributed by atoms with Crippen molar-refractivity contribution in [2.24, 2.45) is 0 Å². The van der Waals surface area contributed by atoms with Crippen molar-refractivity contribution < 1.29 is 23.5 Å². The summed E-state index contributed by atoms with van der Waals surface area (Å²) in [5.74, 6) is 0.491. The Hall–Kier alpha value is -3.58. The number of anilines is 1. The quantitative estimate of drug-likeness (QED) is 0.344. The van der Waals surface area contributed by atoms with Crippen LogP contribution in [0.15, 0.2) is 59.0 Å². The van der Waals surface area contributed by atoms with Gasteiger partial charge >= 0.3 is 5.97 Å². The van der Waals surface area contributed by atoms with Crippen LogP contribution >= 0.6 is 11.3 Å². The first-order valence-corrected chi connectivity index (χ1v) is 11.1. The van der Waals surface area contributed by atoms with Crippen LogP contribution in [0.1, 0.15) is 44.0 Å². The molecular weight excluding hydrogens is 426 g/mol. The molecule has 7 heteroatoms. The monoisotopic (exact) mass is 449 g/mol. The number of amides is 1. The summed E-state index contributed by atoms with van der Waals surface area (Å²) in [5, 5.41) is 5.46. The maximum absolute atomic E-state index is 12.7. The number of esters is 1. The molecule has 0 aliphatic carbocycles. The number of fused-ring (bicyclic) bond motifs is 1. The molecule has 4 rings (SSSR count). The zero-order valence-corrected chi connectivity index (χ0v) is 18.9. The molecule has 2 aromatic heterocycles. The van der Waals surface area contributed by atoms with Crippen molar-refractivity contribution in [1.29, 1.82) is 0 Å². The highest BCUT2D eigenvalue weighted by Gasteiger charge is 2.23. The van der Waals surface area contributed by atoms with Crippen LogP contribution in [0.2, 0.25) is 0 Å². The van der Waals surface area contributed by atoms with Crippen molar-refractivity contribution in [3.05, 3.63) is 82.1 Å². The van der Waals surface area contributed by atoms with Gasteiger partial charge in [-0.25, -0.2) is 4.79 Å². The number of carbonyl (C=O) groups is 2. The molecule has 0 aliphatic rings. The lowest BCUT2D eigenvalue weighted by atomic mass is 10.1. The van der Waals surface area contributed by atoms with E-state index in [2.05, 4.69) is 5.32 Å². The highest BCUT2D eigenvalue weighted by atomic mass is 32.1. The van der Waals surface area contributed by atoms with E-state index in [1.54, 1.807) is 19.1 Å². The predicted octanol–water partition coefficient (Wildman–Crippen LogP) is 6.12. The maximum atomic E-state index is 12.7. The van der Waals surface area contributed by atoms with Crippen LogP contribution in [0.4, 0.5) is 5.00 Å². The van der Waals surface area contributed by atoms with Crippen molar-refractivity contribution in [1.82, 2.24) is 0 Å². The fraction of sp³-hybridized carbons (Fsp3) is 0.200. The van der Waals surface area contributed by atoms with E-state index in [1.165, 1.54) is 11.3 Å². The highest BCUT2D eigenvalue weighted by molar-refractivity contribution is 7.16. The normalized spacial score (nSPS) is 10.8. The van der Waals surface area contributed by atoms with Crippen molar-refractivity contribution >= 4 is 39.0 Å². The molecule has 4 aromatic rings. The van der Waals surface area contributed by atoms with Gasteiger partial charge in [-0.3, -0.25) is 4.79 Å². The summed E-state index contributed by atoms with van der Waals surface area (Å²) in [6.07, 6.45) is 0. The highest BCUT2D eigenvalue weighted by Crippen LogP contribution is 2.33. The summed E-state index contributed by atoms with van der Waals surface area (Å²) < 4.78 is 16.6. The van der Waals surface area contributed by atoms with Crippen LogP contribution in [0.5, 0.6) is 5.75 Å². The Bertz CT molecular complexity index is 1290. The summed E-state index contributed by atoms with van der Waals surface area (Å²) in [4.78, 5) is 26.0. The molecular formula is C25H23NO5S. The van der Waals surface area contributed by atoms with Gasteiger partial charge < -0.3 is 19.2 Å². The van der Waals surface area contributed by atoms with Gasteiger partial charge in [0.05, 0.1) is 12.2 Å². The Balaban J connectivity index is 1.44. The fourth-order valence-corrected chi connectivity index (χ4v) is 4.36. The first-order chi connectivity index (χ1) is 15.5. The van der Waals surface area contributed by atoms with Gasteiger partial charge in [0.1, 0.15) is 23.1 Å². The summed E-state index contributed by atoms with van der Waals surface area (Å²) in [7, 11) is 0. The Morgan fingerprint density at radius 3 is 2.59 bits per heavy atom. The molecule has 0 saturated heterocycles. The molecule has 32 heavy (non-hydrogen) atoms. The zero-order chi connectivity index (χ0) is 22.7. The Morgan fingerprint density at radius 2 is 1.81 bits per heavy atom. The Kier molecular flexibility index (Phi) is 6.28. The van der Waals surface area contributed by atoms with Crippen molar-refractivity contribution in [2.45, 2.75) is 27.4 Å². The number of hydrogen-bond acceptors (Lipinski definition) is 6. The topological polar surface area (TPSA) is 77.8 Å². The van der Waals surface area contributed by atoms with E-state index in [0.29, 0.717) is 16.3 Å². The third-order valence-electron chi connectivity index (χ3n) is 5.08. The van der Waals surface area contributed by atoms with E-state index in [-0.39, 0.29) is 19.0 Å². The van der Waals surface area contributed by atoms with E-state index in [1.807, 2.05) is 56.3 Å². The van der Waals surface area contributed by atoms with Crippen LogP contribution in [0.3, 0.4) is 0 Å². The van der Waals surface area contributed by atoms with E-state index in [0.717, 1.165) is 27.0 Å². The lowest BCUT2D eigenvalue weighted by Crippen LogP contribution is -2.14. The van der Waals surface area contributed by atoms with Crippen LogP contribution < -0.4 is 10.1 Å². The number of furan rings is 1. The summed E-state index contributed by atoms with van der Waals surface area (Å²) in [5.41, 5.74) is 1.18. The smallest absolute Gasteiger partial charge is 0.341 e. The van der Waals surface area contributed by atoms with E-state index >= 15 is 0 Å². The molecule has 1 amide bonds. The number of aryl methyl sites for hydroxylation is 1. The van der Waals surface area contributed by atoms with Gasteiger partial charge in [0.2, 0.25) is 0 Å². The second-order valence-corrected chi connectivity index (χ2v) is 8.45.